The summed E-state index contributed by atoms with van der Waals surface area (Å²) in [6.45, 7) is 4.24. The Morgan fingerprint density at radius 3 is 2.26 bits per heavy atom. The van der Waals surface area contributed by atoms with Crippen LogP contribution in [-0.4, -0.2) is 33.2 Å². The minimum Gasteiger partial charge on any atom is -0.489 e. The van der Waals surface area contributed by atoms with Gasteiger partial charge in [-0.05, 0) is 43.7 Å². The van der Waals surface area contributed by atoms with Crippen molar-refractivity contribution in [3.05, 3.63) is 60.2 Å². The molecule has 0 aliphatic carbocycles. The summed E-state index contributed by atoms with van der Waals surface area (Å²) in [5, 5.41) is 2.76. The van der Waals surface area contributed by atoms with Gasteiger partial charge in [0.2, 0.25) is 15.9 Å². The molecule has 146 valence electrons. The molecule has 0 aromatic heterocycles. The first-order valence-electron chi connectivity index (χ1n) is 8.79. The molecule has 2 aromatic rings. The van der Waals surface area contributed by atoms with Crippen molar-refractivity contribution >= 4 is 21.6 Å². The molecule has 1 amide bonds. The summed E-state index contributed by atoms with van der Waals surface area (Å²) in [5.74, 6) is 0.468. The first-order chi connectivity index (χ1) is 12.8. The summed E-state index contributed by atoms with van der Waals surface area (Å²) in [7, 11) is -3.50. The summed E-state index contributed by atoms with van der Waals surface area (Å²) in [6, 6.07) is 16.6. The van der Waals surface area contributed by atoms with Gasteiger partial charge in [-0.25, -0.2) is 8.42 Å². The van der Waals surface area contributed by atoms with Crippen molar-refractivity contribution in [1.82, 2.24) is 5.32 Å². The fourth-order valence-electron chi connectivity index (χ4n) is 2.53. The molecule has 0 bridgehead atoms. The fourth-order valence-corrected chi connectivity index (χ4v) is 3.46. The van der Waals surface area contributed by atoms with Crippen molar-refractivity contribution in [2.24, 2.45) is 0 Å². The number of hydrogen-bond donors (Lipinski definition) is 1. The second-order valence-electron chi connectivity index (χ2n) is 6.58. The molecule has 0 heterocycles. The van der Waals surface area contributed by atoms with Gasteiger partial charge in [-0.1, -0.05) is 30.3 Å². The molecule has 6 nitrogen and oxygen atoms in total. The maximum atomic E-state index is 12.1. The first kappa shape index (κ1) is 20.8. The molecule has 0 aliphatic rings. The highest BCUT2D eigenvalue weighted by molar-refractivity contribution is 7.92. The largest absolute Gasteiger partial charge is 0.489 e. The zero-order valence-electron chi connectivity index (χ0n) is 15.9. The molecular weight excluding hydrogens is 364 g/mol. The topological polar surface area (TPSA) is 75.7 Å². The Balaban J connectivity index is 2.02. The molecule has 0 saturated carbocycles. The molecule has 0 spiro atoms. The van der Waals surface area contributed by atoms with Crippen molar-refractivity contribution in [2.75, 3.05) is 17.1 Å². The highest BCUT2D eigenvalue weighted by Gasteiger charge is 2.19. The van der Waals surface area contributed by atoms with Gasteiger partial charge < -0.3 is 10.1 Å². The van der Waals surface area contributed by atoms with Crippen LogP contribution >= 0.6 is 0 Å². The number of anilines is 1. The highest BCUT2D eigenvalue weighted by Crippen LogP contribution is 2.22. The first-order valence-corrected chi connectivity index (χ1v) is 10.6. The van der Waals surface area contributed by atoms with Crippen molar-refractivity contribution in [2.45, 2.75) is 32.9 Å². The van der Waals surface area contributed by atoms with E-state index >= 15 is 0 Å². The number of amides is 1. The van der Waals surface area contributed by atoms with Gasteiger partial charge in [0, 0.05) is 19.0 Å². The fraction of sp³-hybridized carbons (Fsp3) is 0.350. The van der Waals surface area contributed by atoms with Crippen LogP contribution < -0.4 is 14.4 Å². The van der Waals surface area contributed by atoms with E-state index in [-0.39, 0.29) is 24.9 Å². The van der Waals surface area contributed by atoms with Crippen molar-refractivity contribution < 1.29 is 17.9 Å². The van der Waals surface area contributed by atoms with Gasteiger partial charge in [-0.3, -0.25) is 9.10 Å². The summed E-state index contributed by atoms with van der Waals surface area (Å²) in [5.41, 5.74) is 1.55. The Kier molecular flexibility index (Phi) is 7.24. The van der Waals surface area contributed by atoms with Crippen LogP contribution in [0.2, 0.25) is 0 Å². The molecule has 0 atom stereocenters. The molecule has 1 N–H and O–H groups in total. The number of ether oxygens (including phenoxy) is 1. The Morgan fingerprint density at radius 2 is 1.70 bits per heavy atom. The zero-order chi connectivity index (χ0) is 19.9. The van der Waals surface area contributed by atoms with Crippen molar-refractivity contribution in [1.29, 1.82) is 0 Å². The normalized spacial score (nSPS) is 11.3. The maximum Gasteiger partial charge on any atom is 0.232 e. The number of benzene rings is 2. The lowest BCUT2D eigenvalue weighted by molar-refractivity contribution is -0.121. The minimum absolute atomic E-state index is 0.0187. The average molecular weight is 391 g/mol. The summed E-state index contributed by atoms with van der Waals surface area (Å²) in [6.07, 6.45) is 1.23. The van der Waals surface area contributed by atoms with Gasteiger partial charge in [0.05, 0.1) is 11.9 Å². The molecule has 0 unspecified atom stereocenters. The quantitative estimate of drug-likeness (QED) is 0.714. The van der Waals surface area contributed by atoms with E-state index in [4.69, 9.17) is 4.74 Å². The standard InChI is InChI=1S/C20H26N2O4S/c1-16(2)21-20(23)13-14-22(27(3,24)25)18-9-11-19(12-10-18)26-15-17-7-5-4-6-8-17/h4-12,16H,13-15H2,1-3H3,(H,21,23). The third-order valence-corrected chi connectivity index (χ3v) is 4.96. The molecule has 0 fully saturated rings. The van der Waals surface area contributed by atoms with Crippen LogP contribution in [-0.2, 0) is 21.4 Å². The lowest BCUT2D eigenvalue weighted by Gasteiger charge is -2.22. The Bertz CT molecular complexity index is 834. The minimum atomic E-state index is -3.50. The Labute approximate surface area is 161 Å². The van der Waals surface area contributed by atoms with E-state index in [0.717, 1.165) is 11.8 Å². The van der Waals surface area contributed by atoms with E-state index in [9.17, 15) is 13.2 Å². The van der Waals surface area contributed by atoms with E-state index in [2.05, 4.69) is 5.32 Å². The number of carbonyl (C=O) groups excluding carboxylic acids is 1. The van der Waals surface area contributed by atoms with Crippen LogP contribution in [0.15, 0.2) is 54.6 Å². The number of hydrogen-bond acceptors (Lipinski definition) is 4. The third kappa shape index (κ3) is 6.94. The predicted molar refractivity (Wildman–Crippen MR) is 107 cm³/mol. The number of sulfonamides is 1. The van der Waals surface area contributed by atoms with E-state index in [1.54, 1.807) is 24.3 Å². The van der Waals surface area contributed by atoms with Crippen LogP contribution in [0.1, 0.15) is 25.8 Å². The van der Waals surface area contributed by atoms with E-state index < -0.39 is 10.0 Å². The number of nitrogens with one attached hydrogen (secondary N) is 1. The molecule has 0 saturated heterocycles. The average Bonchev–Trinajstić information content (AvgIpc) is 2.60. The van der Waals surface area contributed by atoms with Crippen LogP contribution in [0, 0.1) is 0 Å². The second-order valence-corrected chi connectivity index (χ2v) is 8.48. The van der Waals surface area contributed by atoms with Crippen LogP contribution in [0.4, 0.5) is 5.69 Å². The van der Waals surface area contributed by atoms with Gasteiger partial charge in [0.15, 0.2) is 0 Å². The van der Waals surface area contributed by atoms with Crippen molar-refractivity contribution in [3.63, 3.8) is 0 Å². The molecule has 0 aliphatic heterocycles. The van der Waals surface area contributed by atoms with E-state index in [0.29, 0.717) is 18.0 Å². The maximum absolute atomic E-state index is 12.1. The van der Waals surface area contributed by atoms with Crippen LogP contribution in [0.25, 0.3) is 0 Å². The monoisotopic (exact) mass is 390 g/mol. The van der Waals surface area contributed by atoms with Crippen LogP contribution in [0.5, 0.6) is 5.75 Å². The zero-order valence-corrected chi connectivity index (χ0v) is 16.7. The second kappa shape index (κ2) is 9.41. The predicted octanol–water partition coefficient (Wildman–Crippen LogP) is 2.95. The summed E-state index contributed by atoms with van der Waals surface area (Å²) >= 11 is 0. The number of rotatable bonds is 9. The van der Waals surface area contributed by atoms with Gasteiger partial charge in [0.25, 0.3) is 0 Å². The van der Waals surface area contributed by atoms with Gasteiger partial charge >= 0.3 is 0 Å². The van der Waals surface area contributed by atoms with Crippen LogP contribution in [0.3, 0.4) is 0 Å². The SMILES string of the molecule is CC(C)NC(=O)CCN(c1ccc(OCc2ccccc2)cc1)S(C)(=O)=O. The van der Waals surface area contributed by atoms with Gasteiger partial charge in [0.1, 0.15) is 12.4 Å². The van der Waals surface area contributed by atoms with Gasteiger partial charge in [-0.15, -0.1) is 0 Å². The smallest absolute Gasteiger partial charge is 0.232 e. The molecular formula is C20H26N2O4S. The van der Waals surface area contributed by atoms with Gasteiger partial charge in [-0.2, -0.15) is 0 Å². The molecule has 27 heavy (non-hydrogen) atoms. The third-order valence-electron chi connectivity index (χ3n) is 3.76. The molecule has 2 rings (SSSR count). The Morgan fingerprint density at radius 1 is 1.07 bits per heavy atom. The van der Waals surface area contributed by atoms with Crippen molar-refractivity contribution in [3.8, 4) is 5.75 Å². The highest BCUT2D eigenvalue weighted by atomic mass is 32.2. The number of carbonyl (C=O) groups is 1. The lowest BCUT2D eigenvalue weighted by atomic mass is 10.2. The number of nitrogens with zero attached hydrogens (tertiary/aromatic N) is 1. The summed E-state index contributed by atoms with van der Waals surface area (Å²) in [4.78, 5) is 11.8. The molecule has 2 aromatic carbocycles. The van der Waals surface area contributed by atoms with E-state index in [1.807, 2.05) is 44.2 Å². The Hall–Kier alpha value is -2.54. The lowest BCUT2D eigenvalue weighted by Crippen LogP contribution is -2.36. The van der Waals surface area contributed by atoms with E-state index in [1.165, 1.54) is 4.31 Å². The molecule has 0 radical (unpaired) electrons. The summed E-state index contributed by atoms with van der Waals surface area (Å²) < 4.78 is 31.2. The molecule has 7 heteroatoms.